The van der Waals surface area contributed by atoms with E-state index in [2.05, 4.69) is 16.3 Å². The van der Waals surface area contributed by atoms with Crippen LogP contribution in [0.5, 0.6) is 11.5 Å². The third kappa shape index (κ3) is 4.39. The fraction of sp³-hybridized carbons (Fsp3) is 0.704. The largest absolute Gasteiger partial charge is 0.454 e. The summed E-state index contributed by atoms with van der Waals surface area (Å²) in [5.41, 5.74) is 1.40. The van der Waals surface area contributed by atoms with E-state index in [0.29, 0.717) is 19.5 Å². The maximum atomic E-state index is 13.1. The number of carbonyl (C=O) groups is 2. The first-order chi connectivity index (χ1) is 16.4. The van der Waals surface area contributed by atoms with Gasteiger partial charge in [-0.25, -0.2) is 0 Å². The van der Waals surface area contributed by atoms with Gasteiger partial charge in [0.05, 0.1) is 0 Å². The molecule has 34 heavy (non-hydrogen) atoms. The quantitative estimate of drug-likeness (QED) is 0.696. The molecule has 1 atom stereocenters. The van der Waals surface area contributed by atoms with E-state index in [4.69, 9.17) is 9.47 Å². The Morgan fingerprint density at radius 3 is 2.32 bits per heavy atom. The lowest BCUT2D eigenvalue weighted by atomic mass is 9.49. The Balaban J connectivity index is 0.972. The van der Waals surface area contributed by atoms with E-state index >= 15 is 0 Å². The van der Waals surface area contributed by atoms with Gasteiger partial charge in [-0.3, -0.25) is 14.5 Å². The van der Waals surface area contributed by atoms with E-state index in [1.807, 2.05) is 24.0 Å². The maximum absolute atomic E-state index is 13.1. The zero-order chi connectivity index (χ0) is 23.3. The molecular formula is C27H37N3O4. The van der Waals surface area contributed by atoms with Gasteiger partial charge >= 0.3 is 0 Å². The van der Waals surface area contributed by atoms with Crippen molar-refractivity contribution in [2.75, 3.05) is 33.0 Å². The summed E-state index contributed by atoms with van der Waals surface area (Å²) in [6.45, 7) is 6.01. The number of benzene rings is 1. The van der Waals surface area contributed by atoms with Crippen molar-refractivity contribution >= 4 is 11.8 Å². The topological polar surface area (TPSA) is 71.1 Å². The van der Waals surface area contributed by atoms with Crippen LogP contribution in [0.15, 0.2) is 18.2 Å². The Hall–Kier alpha value is -2.28. The minimum absolute atomic E-state index is 0.0431. The van der Waals surface area contributed by atoms with Crippen LogP contribution in [0.3, 0.4) is 0 Å². The highest BCUT2D eigenvalue weighted by Crippen LogP contribution is 2.61. The molecule has 0 unspecified atom stereocenters. The summed E-state index contributed by atoms with van der Waals surface area (Å²) in [6.07, 6.45) is 8.43. The highest BCUT2D eigenvalue weighted by atomic mass is 16.7. The van der Waals surface area contributed by atoms with Crippen LogP contribution in [0.2, 0.25) is 0 Å². The van der Waals surface area contributed by atoms with Crippen LogP contribution < -0.4 is 14.8 Å². The molecule has 0 aromatic heterocycles. The highest BCUT2D eigenvalue weighted by molar-refractivity contribution is 5.87. The number of fused-ring (bicyclic) bond motifs is 1. The van der Waals surface area contributed by atoms with Crippen molar-refractivity contribution in [1.82, 2.24) is 15.1 Å². The van der Waals surface area contributed by atoms with Gasteiger partial charge in [0.2, 0.25) is 18.6 Å². The molecule has 1 aromatic rings. The van der Waals surface area contributed by atoms with Crippen molar-refractivity contribution in [3.05, 3.63) is 23.8 Å². The molecule has 6 aliphatic rings. The molecule has 4 aliphatic carbocycles. The Morgan fingerprint density at radius 1 is 1.00 bits per heavy atom. The Morgan fingerprint density at radius 2 is 1.65 bits per heavy atom. The molecule has 7 rings (SSSR count). The lowest BCUT2D eigenvalue weighted by Gasteiger charge is -2.56. The zero-order valence-corrected chi connectivity index (χ0v) is 20.3. The predicted octanol–water partition coefficient (Wildman–Crippen LogP) is 3.17. The zero-order valence-electron chi connectivity index (χ0n) is 20.3. The van der Waals surface area contributed by atoms with E-state index in [1.54, 1.807) is 0 Å². The lowest BCUT2D eigenvalue weighted by Crippen LogP contribution is -2.54. The van der Waals surface area contributed by atoms with Crippen molar-refractivity contribution < 1.29 is 19.1 Å². The summed E-state index contributed by atoms with van der Waals surface area (Å²) in [5.74, 6) is 4.25. The second kappa shape index (κ2) is 8.74. The molecule has 4 saturated carbocycles. The average Bonchev–Trinajstić information content (AvgIpc) is 3.25. The van der Waals surface area contributed by atoms with Crippen molar-refractivity contribution in [3.8, 4) is 11.5 Å². The Kier molecular flexibility index (Phi) is 5.71. The number of rotatable bonds is 6. The second-order valence-corrected chi connectivity index (χ2v) is 11.7. The van der Waals surface area contributed by atoms with E-state index < -0.39 is 6.04 Å². The van der Waals surface area contributed by atoms with Crippen molar-refractivity contribution in [3.63, 3.8) is 0 Å². The SMILES string of the molecule is C[C@@H](NC(=O)CC12CC3CC(CC(C3)C1)C2)C(=O)N1CCN(Cc2ccc3c(c2)OCO3)CC1. The third-order valence-electron chi connectivity index (χ3n) is 8.98. The van der Waals surface area contributed by atoms with E-state index in [9.17, 15) is 9.59 Å². The minimum Gasteiger partial charge on any atom is -0.454 e. The first kappa shape index (κ1) is 22.2. The molecule has 1 N–H and O–H groups in total. The number of nitrogens with one attached hydrogen (secondary N) is 1. The predicted molar refractivity (Wildman–Crippen MR) is 127 cm³/mol. The number of carbonyl (C=O) groups excluding carboxylic acids is 2. The van der Waals surface area contributed by atoms with Gasteiger partial charge < -0.3 is 19.7 Å². The van der Waals surface area contributed by atoms with Crippen molar-refractivity contribution in [1.29, 1.82) is 0 Å². The van der Waals surface area contributed by atoms with Crippen LogP contribution >= 0.6 is 0 Å². The summed E-state index contributed by atoms with van der Waals surface area (Å²) in [4.78, 5) is 30.3. The minimum atomic E-state index is -0.457. The molecule has 1 aromatic carbocycles. The van der Waals surface area contributed by atoms with Crippen LogP contribution in [-0.4, -0.2) is 60.6 Å². The molecule has 7 heteroatoms. The normalized spacial score (nSPS) is 32.6. The van der Waals surface area contributed by atoms with Gasteiger partial charge in [-0.15, -0.1) is 0 Å². The molecule has 0 radical (unpaired) electrons. The molecule has 0 spiro atoms. The van der Waals surface area contributed by atoms with Gasteiger partial charge in [-0.2, -0.15) is 0 Å². The fourth-order valence-electron chi connectivity index (χ4n) is 7.90. The summed E-state index contributed by atoms with van der Waals surface area (Å²) < 4.78 is 10.9. The van der Waals surface area contributed by atoms with Gasteiger partial charge in [0.25, 0.3) is 0 Å². The number of nitrogens with zero attached hydrogens (tertiary/aromatic N) is 2. The summed E-state index contributed by atoms with van der Waals surface area (Å²) in [7, 11) is 0. The van der Waals surface area contributed by atoms with Crippen molar-refractivity contribution in [2.24, 2.45) is 23.2 Å². The van der Waals surface area contributed by atoms with Crippen LogP contribution in [0, 0.1) is 23.2 Å². The average molecular weight is 468 g/mol. The third-order valence-corrected chi connectivity index (χ3v) is 8.98. The van der Waals surface area contributed by atoms with Crippen molar-refractivity contribution in [2.45, 2.75) is 64.5 Å². The van der Waals surface area contributed by atoms with E-state index in [-0.39, 0.29) is 24.0 Å². The highest BCUT2D eigenvalue weighted by Gasteiger charge is 2.51. The molecule has 2 amide bonds. The molecule has 4 bridgehead atoms. The number of amides is 2. The maximum Gasteiger partial charge on any atom is 0.244 e. The van der Waals surface area contributed by atoms with Crippen LogP contribution in [0.25, 0.3) is 0 Å². The van der Waals surface area contributed by atoms with E-state index in [1.165, 1.54) is 44.1 Å². The smallest absolute Gasteiger partial charge is 0.244 e. The Labute approximate surface area is 202 Å². The van der Waals surface area contributed by atoms with Crippen LogP contribution in [0.1, 0.15) is 57.4 Å². The van der Waals surface area contributed by atoms with Gasteiger partial charge in [-0.05, 0) is 86.3 Å². The number of hydrogen-bond acceptors (Lipinski definition) is 5. The number of piperazine rings is 1. The van der Waals surface area contributed by atoms with Gasteiger partial charge in [0.15, 0.2) is 11.5 Å². The summed E-state index contributed by atoms with van der Waals surface area (Å²) in [5, 5.41) is 3.06. The number of hydrogen-bond donors (Lipinski definition) is 1. The van der Waals surface area contributed by atoms with Gasteiger partial charge in [0.1, 0.15) is 6.04 Å². The number of ether oxygens (including phenoxy) is 2. The molecule has 2 aliphatic heterocycles. The summed E-state index contributed by atoms with van der Waals surface area (Å²) >= 11 is 0. The second-order valence-electron chi connectivity index (χ2n) is 11.7. The molecule has 2 heterocycles. The Bertz CT molecular complexity index is 920. The molecular weight excluding hydrogens is 430 g/mol. The first-order valence-electron chi connectivity index (χ1n) is 13.1. The monoisotopic (exact) mass is 467 g/mol. The van der Waals surface area contributed by atoms with Gasteiger partial charge in [-0.1, -0.05) is 6.07 Å². The molecule has 5 fully saturated rings. The molecule has 1 saturated heterocycles. The fourth-order valence-corrected chi connectivity index (χ4v) is 7.90. The van der Waals surface area contributed by atoms with Gasteiger partial charge in [0, 0.05) is 39.1 Å². The standard InChI is InChI=1S/C27H37N3O4/c1-18(28-25(31)15-27-12-20-8-21(13-27)10-22(9-20)14-27)26(32)30-6-4-29(5-7-30)16-19-2-3-23-24(11-19)34-17-33-23/h2-3,11,18,20-22H,4-10,12-17H2,1H3,(H,28,31)/t18-,20?,21?,22?,27?/m1/s1. The van der Waals surface area contributed by atoms with Crippen LogP contribution in [-0.2, 0) is 16.1 Å². The summed E-state index contributed by atoms with van der Waals surface area (Å²) in [6, 6.07) is 5.63. The lowest BCUT2D eigenvalue weighted by molar-refractivity contribution is -0.139. The molecule has 7 nitrogen and oxygen atoms in total. The van der Waals surface area contributed by atoms with Crippen LogP contribution in [0.4, 0.5) is 0 Å². The van der Waals surface area contributed by atoms with E-state index in [0.717, 1.165) is 48.9 Å². The molecule has 184 valence electrons. The first-order valence-corrected chi connectivity index (χ1v) is 13.1.